The molecule has 3 N–H and O–H groups in total. The van der Waals surface area contributed by atoms with E-state index in [9.17, 15) is 14.4 Å². The van der Waals surface area contributed by atoms with Crippen molar-refractivity contribution in [2.24, 2.45) is 0 Å². The van der Waals surface area contributed by atoms with Crippen LogP contribution in [0.2, 0.25) is 0 Å². The quantitative estimate of drug-likeness (QED) is 0.578. The number of carboxylic acids is 2. The van der Waals surface area contributed by atoms with Gasteiger partial charge in [0.15, 0.2) is 0 Å². The number of aliphatic hydroxyl groups is 1. The predicted octanol–water partition coefficient (Wildman–Crippen LogP) is 0.256. The fourth-order valence-electron chi connectivity index (χ4n) is 0.545. The SMILES string of the molecule is CCC(O)COC(C)=O.O=C(O)CCC(=O)O. The Morgan fingerprint density at radius 2 is 1.53 bits per heavy atom. The molecule has 0 saturated carbocycles. The van der Waals surface area contributed by atoms with Gasteiger partial charge in [0.1, 0.15) is 6.61 Å². The first-order valence-electron chi connectivity index (χ1n) is 5.04. The maximum atomic E-state index is 10.1. The minimum Gasteiger partial charge on any atom is -0.481 e. The van der Waals surface area contributed by atoms with Crippen LogP contribution >= 0.6 is 0 Å². The lowest BCUT2D eigenvalue weighted by Gasteiger charge is -2.05. The summed E-state index contributed by atoms with van der Waals surface area (Å²) in [6.45, 7) is 3.27. The van der Waals surface area contributed by atoms with Crippen LogP contribution in [0.4, 0.5) is 0 Å². The molecule has 0 heterocycles. The minimum atomic E-state index is -1.08. The molecule has 0 aromatic heterocycles. The molecule has 0 aromatic rings. The second-order valence-electron chi connectivity index (χ2n) is 3.15. The Morgan fingerprint density at radius 1 is 1.12 bits per heavy atom. The highest BCUT2D eigenvalue weighted by Crippen LogP contribution is 1.90. The fourth-order valence-corrected chi connectivity index (χ4v) is 0.545. The van der Waals surface area contributed by atoms with Gasteiger partial charge in [0, 0.05) is 6.92 Å². The summed E-state index contributed by atoms with van der Waals surface area (Å²) in [6, 6.07) is 0. The van der Waals surface area contributed by atoms with E-state index in [1.54, 1.807) is 0 Å². The van der Waals surface area contributed by atoms with Gasteiger partial charge >= 0.3 is 17.9 Å². The van der Waals surface area contributed by atoms with Crippen LogP contribution in [0.25, 0.3) is 0 Å². The van der Waals surface area contributed by atoms with E-state index in [0.717, 1.165) is 0 Å². The van der Waals surface area contributed by atoms with E-state index in [1.807, 2.05) is 6.92 Å². The van der Waals surface area contributed by atoms with Crippen LogP contribution in [0.3, 0.4) is 0 Å². The normalized spacial score (nSPS) is 10.8. The van der Waals surface area contributed by atoms with Crippen LogP contribution in [0.15, 0.2) is 0 Å². The summed E-state index contributed by atoms with van der Waals surface area (Å²) >= 11 is 0. The van der Waals surface area contributed by atoms with Gasteiger partial charge in [-0.25, -0.2) is 0 Å². The van der Waals surface area contributed by atoms with Crippen LogP contribution in [-0.4, -0.2) is 45.9 Å². The van der Waals surface area contributed by atoms with Gasteiger partial charge in [0.05, 0.1) is 18.9 Å². The van der Waals surface area contributed by atoms with E-state index in [1.165, 1.54) is 6.92 Å². The van der Waals surface area contributed by atoms with Crippen molar-refractivity contribution in [3.8, 4) is 0 Å². The topological polar surface area (TPSA) is 121 Å². The summed E-state index contributed by atoms with van der Waals surface area (Å²) in [5, 5.41) is 24.6. The predicted molar refractivity (Wildman–Crippen MR) is 57.4 cm³/mol. The molecule has 7 nitrogen and oxygen atoms in total. The van der Waals surface area contributed by atoms with Crippen LogP contribution in [0, 0.1) is 0 Å². The first-order valence-corrected chi connectivity index (χ1v) is 5.04. The standard InChI is InChI=1S/C6H12O3.C4H6O4/c1-3-6(8)4-9-5(2)7;5-3(6)1-2-4(7)8/h6,8H,3-4H2,1-2H3;1-2H2,(H,5,6)(H,7,8). The number of aliphatic carboxylic acids is 2. The molecule has 1 unspecified atom stereocenters. The van der Waals surface area contributed by atoms with Crippen LogP contribution < -0.4 is 0 Å². The van der Waals surface area contributed by atoms with Crippen LogP contribution in [0.5, 0.6) is 0 Å². The molecule has 7 heteroatoms. The highest BCUT2D eigenvalue weighted by molar-refractivity contribution is 5.75. The molecule has 0 saturated heterocycles. The first-order chi connectivity index (χ1) is 7.79. The molecule has 0 spiro atoms. The number of carbonyl (C=O) groups excluding carboxylic acids is 1. The Bertz CT molecular complexity index is 235. The second kappa shape index (κ2) is 10.9. The molecule has 0 fully saturated rings. The largest absolute Gasteiger partial charge is 0.481 e. The van der Waals surface area contributed by atoms with Crippen molar-refractivity contribution in [2.75, 3.05) is 6.61 Å². The third-order valence-electron chi connectivity index (χ3n) is 1.50. The maximum Gasteiger partial charge on any atom is 0.303 e. The van der Waals surface area contributed by atoms with Gasteiger partial charge in [0.25, 0.3) is 0 Å². The summed E-state index contributed by atoms with van der Waals surface area (Å²) in [4.78, 5) is 29.4. The Morgan fingerprint density at radius 3 is 1.76 bits per heavy atom. The molecular formula is C10H18O7. The molecule has 0 bridgehead atoms. The lowest BCUT2D eigenvalue weighted by atomic mass is 10.3. The molecule has 1 atom stereocenters. The number of aliphatic hydroxyl groups excluding tert-OH is 1. The highest BCUT2D eigenvalue weighted by atomic mass is 16.5. The van der Waals surface area contributed by atoms with Gasteiger partial charge in [-0.3, -0.25) is 14.4 Å². The van der Waals surface area contributed by atoms with Crippen molar-refractivity contribution in [3.05, 3.63) is 0 Å². The van der Waals surface area contributed by atoms with Gasteiger partial charge in [-0.05, 0) is 6.42 Å². The van der Waals surface area contributed by atoms with Crippen molar-refractivity contribution in [3.63, 3.8) is 0 Å². The third kappa shape index (κ3) is 20.4. The summed E-state index contributed by atoms with van der Waals surface area (Å²) in [7, 11) is 0. The van der Waals surface area contributed by atoms with Gasteiger partial charge in [-0.1, -0.05) is 6.92 Å². The highest BCUT2D eigenvalue weighted by Gasteiger charge is 2.01. The number of carbonyl (C=O) groups is 3. The van der Waals surface area contributed by atoms with Gasteiger partial charge in [-0.2, -0.15) is 0 Å². The summed E-state index contributed by atoms with van der Waals surface area (Å²) < 4.78 is 4.51. The zero-order valence-electron chi connectivity index (χ0n) is 9.88. The Hall–Kier alpha value is -1.63. The van der Waals surface area contributed by atoms with E-state index < -0.39 is 18.0 Å². The van der Waals surface area contributed by atoms with E-state index in [2.05, 4.69) is 4.74 Å². The number of hydrogen-bond donors (Lipinski definition) is 3. The van der Waals surface area contributed by atoms with Crippen molar-refractivity contribution in [1.82, 2.24) is 0 Å². The van der Waals surface area contributed by atoms with Crippen molar-refractivity contribution < 1.29 is 34.4 Å². The van der Waals surface area contributed by atoms with E-state index in [4.69, 9.17) is 15.3 Å². The zero-order chi connectivity index (χ0) is 13.8. The lowest BCUT2D eigenvalue weighted by molar-refractivity contribution is -0.144. The monoisotopic (exact) mass is 250 g/mol. The average molecular weight is 250 g/mol. The molecule has 0 aliphatic rings. The Kier molecular flexibility index (Phi) is 11.4. The fraction of sp³-hybridized carbons (Fsp3) is 0.700. The number of ether oxygens (including phenoxy) is 1. The van der Waals surface area contributed by atoms with E-state index >= 15 is 0 Å². The molecule has 100 valence electrons. The van der Waals surface area contributed by atoms with E-state index in [0.29, 0.717) is 6.42 Å². The zero-order valence-corrected chi connectivity index (χ0v) is 9.88. The first kappa shape index (κ1) is 17.8. The number of rotatable bonds is 6. The Labute approximate surface area is 99.0 Å². The minimum absolute atomic E-state index is 0.117. The molecule has 0 aliphatic carbocycles. The molecule has 0 aromatic carbocycles. The molecule has 0 rings (SSSR count). The summed E-state index contributed by atoms with van der Waals surface area (Å²) in [6.07, 6.45) is -0.480. The average Bonchev–Trinajstić information content (AvgIpc) is 2.23. The number of carboxylic acid groups (broad SMARTS) is 2. The molecule has 17 heavy (non-hydrogen) atoms. The van der Waals surface area contributed by atoms with Crippen LogP contribution in [-0.2, 0) is 19.1 Å². The summed E-state index contributed by atoms with van der Waals surface area (Å²) in [5.74, 6) is -2.50. The molecule has 0 radical (unpaired) electrons. The van der Waals surface area contributed by atoms with Crippen molar-refractivity contribution in [2.45, 2.75) is 39.2 Å². The van der Waals surface area contributed by atoms with Crippen LogP contribution in [0.1, 0.15) is 33.1 Å². The smallest absolute Gasteiger partial charge is 0.303 e. The second-order valence-corrected chi connectivity index (χ2v) is 3.15. The molecule has 0 aliphatic heterocycles. The van der Waals surface area contributed by atoms with Gasteiger partial charge < -0.3 is 20.1 Å². The summed E-state index contributed by atoms with van der Waals surface area (Å²) in [5.41, 5.74) is 0. The van der Waals surface area contributed by atoms with Crippen molar-refractivity contribution in [1.29, 1.82) is 0 Å². The van der Waals surface area contributed by atoms with E-state index in [-0.39, 0.29) is 25.4 Å². The maximum absolute atomic E-state index is 10.1. The van der Waals surface area contributed by atoms with Crippen molar-refractivity contribution >= 4 is 17.9 Å². The molecular weight excluding hydrogens is 232 g/mol. The molecule has 0 amide bonds. The number of hydrogen-bond acceptors (Lipinski definition) is 5. The number of esters is 1. The lowest BCUT2D eigenvalue weighted by Crippen LogP contribution is -2.15. The third-order valence-corrected chi connectivity index (χ3v) is 1.50. The Balaban J connectivity index is 0. The van der Waals surface area contributed by atoms with Gasteiger partial charge in [0.2, 0.25) is 0 Å². The van der Waals surface area contributed by atoms with Gasteiger partial charge in [-0.15, -0.1) is 0 Å².